The minimum absolute atomic E-state index is 0.0389. The molecular weight excluding hydrogens is 310 g/mol. The Kier molecular flexibility index (Phi) is 3.50. The van der Waals surface area contributed by atoms with E-state index in [1.165, 1.54) is 21.9 Å². The molecule has 2 aromatic rings. The van der Waals surface area contributed by atoms with Crippen LogP contribution in [0.3, 0.4) is 0 Å². The van der Waals surface area contributed by atoms with Crippen LogP contribution in [0.4, 0.5) is 0 Å². The van der Waals surface area contributed by atoms with Gasteiger partial charge in [-0.15, -0.1) is 0 Å². The molecule has 0 fully saturated rings. The second kappa shape index (κ2) is 5.45. The highest BCUT2D eigenvalue weighted by atomic mass is 28.3. The van der Waals surface area contributed by atoms with Crippen LogP contribution >= 0.6 is 0 Å². The van der Waals surface area contributed by atoms with Crippen LogP contribution in [0.25, 0.3) is 5.57 Å². The molecule has 0 amide bonds. The van der Waals surface area contributed by atoms with Gasteiger partial charge in [0.2, 0.25) is 0 Å². The van der Waals surface area contributed by atoms with E-state index in [0.29, 0.717) is 5.92 Å². The summed E-state index contributed by atoms with van der Waals surface area (Å²) in [6.07, 6.45) is 8.67. The third-order valence-corrected chi connectivity index (χ3v) is 7.11. The van der Waals surface area contributed by atoms with Gasteiger partial charge in [0.05, 0.1) is 13.8 Å². The van der Waals surface area contributed by atoms with Crippen molar-refractivity contribution >= 4 is 18.8 Å². The number of hydrogen-bond donors (Lipinski definition) is 0. The number of para-hydroxylation sites is 1. The molecule has 0 saturated carbocycles. The number of pyridine rings is 1. The fourth-order valence-corrected chi connectivity index (χ4v) is 5.51. The summed E-state index contributed by atoms with van der Waals surface area (Å²) < 4.78 is 6.26. The third kappa shape index (κ3) is 2.44. The number of rotatable bonds is 2. The molecule has 3 heteroatoms. The molecule has 2 heterocycles. The van der Waals surface area contributed by atoms with Gasteiger partial charge in [0.1, 0.15) is 11.9 Å². The van der Waals surface area contributed by atoms with Crippen molar-refractivity contribution < 1.29 is 4.74 Å². The Labute approximate surface area is 144 Å². The first-order valence-electron chi connectivity index (χ1n) is 8.56. The van der Waals surface area contributed by atoms with Crippen molar-refractivity contribution in [3.05, 3.63) is 71.6 Å². The zero-order valence-electron chi connectivity index (χ0n) is 14.7. The van der Waals surface area contributed by atoms with Crippen LogP contribution in [0.5, 0.6) is 5.75 Å². The van der Waals surface area contributed by atoms with Crippen LogP contribution in [0.2, 0.25) is 19.6 Å². The van der Waals surface area contributed by atoms with Gasteiger partial charge in [0.15, 0.2) is 0 Å². The van der Waals surface area contributed by atoms with Gasteiger partial charge in [-0.25, -0.2) is 0 Å². The lowest BCUT2D eigenvalue weighted by Crippen LogP contribution is -2.40. The van der Waals surface area contributed by atoms with Crippen molar-refractivity contribution in [1.29, 1.82) is 0 Å². The molecule has 1 aromatic carbocycles. The molecule has 1 aliphatic heterocycles. The van der Waals surface area contributed by atoms with Crippen molar-refractivity contribution in [3.63, 3.8) is 0 Å². The van der Waals surface area contributed by atoms with Crippen molar-refractivity contribution in [2.75, 3.05) is 0 Å². The van der Waals surface area contributed by atoms with Crippen molar-refractivity contribution in [2.45, 2.75) is 38.6 Å². The predicted molar refractivity (Wildman–Crippen MR) is 103 cm³/mol. The summed E-state index contributed by atoms with van der Waals surface area (Å²) in [7, 11) is -1.36. The average Bonchev–Trinajstić information content (AvgIpc) is 2.92. The second-order valence-corrected chi connectivity index (χ2v) is 12.8. The van der Waals surface area contributed by atoms with Crippen LogP contribution in [0.15, 0.2) is 54.8 Å². The molecule has 122 valence electrons. The van der Waals surface area contributed by atoms with Gasteiger partial charge in [-0.05, 0) is 29.8 Å². The molecule has 2 unspecified atom stereocenters. The maximum Gasteiger partial charge on any atom is 0.136 e. The van der Waals surface area contributed by atoms with E-state index in [-0.39, 0.29) is 6.10 Å². The normalized spacial score (nSPS) is 21.8. The van der Waals surface area contributed by atoms with E-state index in [4.69, 9.17) is 9.72 Å². The van der Waals surface area contributed by atoms with E-state index >= 15 is 0 Å². The summed E-state index contributed by atoms with van der Waals surface area (Å²) in [5, 5.41) is 1.44. The highest BCUT2D eigenvalue weighted by molar-refractivity contribution is 6.89. The van der Waals surface area contributed by atoms with Gasteiger partial charge in [0.25, 0.3) is 0 Å². The second-order valence-electron chi connectivity index (χ2n) is 7.74. The maximum absolute atomic E-state index is 6.26. The summed E-state index contributed by atoms with van der Waals surface area (Å²) in [5.41, 5.74) is 4.85. The Bertz CT molecular complexity index is 860. The molecule has 24 heavy (non-hydrogen) atoms. The highest BCUT2D eigenvalue weighted by Gasteiger charge is 2.37. The number of benzene rings is 1. The number of ether oxygens (including phenoxy) is 1. The quantitative estimate of drug-likeness (QED) is 0.758. The van der Waals surface area contributed by atoms with Gasteiger partial charge in [-0.1, -0.05) is 56.1 Å². The SMILES string of the molecule is Cc1cc(C2=CC=CC3c4ccccc4OC23)ncc1[Si](C)(C)C. The van der Waals surface area contributed by atoms with Gasteiger partial charge < -0.3 is 4.74 Å². The van der Waals surface area contributed by atoms with Gasteiger partial charge in [-0.2, -0.15) is 0 Å². The number of aryl methyl sites for hydroxylation is 1. The first kappa shape index (κ1) is 15.4. The van der Waals surface area contributed by atoms with Crippen molar-refractivity contribution in [3.8, 4) is 5.75 Å². The molecule has 0 spiro atoms. The van der Waals surface area contributed by atoms with Crippen LogP contribution in [0.1, 0.15) is 22.7 Å². The molecule has 0 saturated heterocycles. The van der Waals surface area contributed by atoms with Gasteiger partial charge in [-0.3, -0.25) is 4.98 Å². The zero-order valence-corrected chi connectivity index (χ0v) is 15.7. The molecule has 1 aliphatic carbocycles. The minimum Gasteiger partial charge on any atom is -0.484 e. The van der Waals surface area contributed by atoms with Crippen molar-refractivity contribution in [2.24, 2.45) is 0 Å². The van der Waals surface area contributed by atoms with Gasteiger partial charge >= 0.3 is 0 Å². The summed E-state index contributed by atoms with van der Waals surface area (Å²) in [6.45, 7) is 9.31. The molecule has 0 radical (unpaired) electrons. The molecule has 2 nitrogen and oxygen atoms in total. The first-order valence-corrected chi connectivity index (χ1v) is 12.1. The molecule has 2 aliphatic rings. The van der Waals surface area contributed by atoms with Crippen LogP contribution < -0.4 is 9.92 Å². The molecule has 0 N–H and O–H groups in total. The molecule has 0 bridgehead atoms. The summed E-state index contributed by atoms with van der Waals surface area (Å²) in [5.74, 6) is 1.29. The van der Waals surface area contributed by atoms with Crippen molar-refractivity contribution in [1.82, 2.24) is 4.98 Å². The largest absolute Gasteiger partial charge is 0.484 e. The molecule has 2 atom stereocenters. The Morgan fingerprint density at radius 1 is 1.12 bits per heavy atom. The van der Waals surface area contributed by atoms with Gasteiger partial charge in [0, 0.05) is 23.3 Å². The summed E-state index contributed by atoms with van der Waals surface area (Å²) in [4.78, 5) is 4.81. The average molecular weight is 334 g/mol. The van der Waals surface area contributed by atoms with Crippen LogP contribution in [-0.2, 0) is 0 Å². The molecular formula is C21H23NOSi. The molecule has 1 aromatic heterocycles. The van der Waals surface area contributed by atoms with Crippen LogP contribution in [-0.4, -0.2) is 19.2 Å². The third-order valence-electron chi connectivity index (χ3n) is 4.97. The number of fused-ring (bicyclic) bond motifs is 3. The monoisotopic (exact) mass is 333 g/mol. The Morgan fingerprint density at radius 3 is 2.67 bits per heavy atom. The maximum atomic E-state index is 6.26. The van der Waals surface area contributed by atoms with E-state index in [0.717, 1.165) is 11.4 Å². The first-order chi connectivity index (χ1) is 11.4. The smallest absolute Gasteiger partial charge is 0.136 e. The van der Waals surface area contributed by atoms with Crippen LogP contribution in [0, 0.1) is 6.92 Å². The highest BCUT2D eigenvalue weighted by Crippen LogP contribution is 2.45. The Morgan fingerprint density at radius 2 is 1.92 bits per heavy atom. The van der Waals surface area contributed by atoms with E-state index in [9.17, 15) is 0 Å². The van der Waals surface area contributed by atoms with E-state index in [2.05, 4.69) is 75.3 Å². The predicted octanol–water partition coefficient (Wildman–Crippen LogP) is 4.43. The lowest BCUT2D eigenvalue weighted by molar-refractivity contribution is 0.278. The number of allylic oxidation sites excluding steroid dienone is 2. The standard InChI is InChI=1S/C21H23NOSi/c1-14-12-18(22-13-20(14)24(2,3)4)17-10-7-9-16-15-8-5-6-11-19(15)23-21(16)17/h5-13,16,21H,1-4H3. The Hall–Kier alpha value is -2.13. The zero-order chi connectivity index (χ0) is 16.9. The molecule has 4 rings (SSSR count). The fourth-order valence-electron chi connectivity index (χ4n) is 3.80. The summed E-state index contributed by atoms with van der Waals surface area (Å²) in [6, 6.07) is 10.6. The number of nitrogens with zero attached hydrogens (tertiary/aromatic N) is 1. The minimum atomic E-state index is -1.36. The number of aromatic nitrogens is 1. The topological polar surface area (TPSA) is 22.1 Å². The number of hydrogen-bond acceptors (Lipinski definition) is 2. The summed E-state index contributed by atoms with van der Waals surface area (Å²) >= 11 is 0. The lowest BCUT2D eigenvalue weighted by Gasteiger charge is -2.24. The van der Waals surface area contributed by atoms with E-state index < -0.39 is 8.07 Å². The lowest BCUT2D eigenvalue weighted by atomic mass is 9.86. The van der Waals surface area contributed by atoms with E-state index in [1.54, 1.807) is 0 Å². The van der Waals surface area contributed by atoms with E-state index in [1.807, 2.05) is 6.07 Å². The Balaban J connectivity index is 1.72. The fraction of sp³-hybridized carbons (Fsp3) is 0.286.